The Balaban J connectivity index is 1.76. The summed E-state index contributed by atoms with van der Waals surface area (Å²) in [7, 11) is 0. The first-order valence-electron chi connectivity index (χ1n) is 9.79. The molecule has 0 aromatic heterocycles. The molecular weight excluding hydrogens is 336 g/mol. The van der Waals surface area contributed by atoms with E-state index in [1.165, 1.54) is 64.6 Å². The molecule has 0 nitrogen and oxygen atoms in total. The lowest BCUT2D eigenvalue weighted by atomic mass is 9.89. The van der Waals surface area contributed by atoms with Crippen LogP contribution in [0.5, 0.6) is 0 Å². The molecule has 0 N–H and O–H groups in total. The molecule has 0 fully saturated rings. The summed E-state index contributed by atoms with van der Waals surface area (Å²) in [5.74, 6) is 0. The Kier molecular flexibility index (Phi) is 2.57. The van der Waals surface area contributed by atoms with Gasteiger partial charge in [-0.05, 0) is 82.8 Å². The fraction of sp³-hybridized carbons (Fsp3) is 0. The summed E-state index contributed by atoms with van der Waals surface area (Å²) < 4.78 is 0. The van der Waals surface area contributed by atoms with Crippen LogP contribution >= 0.6 is 0 Å². The van der Waals surface area contributed by atoms with Gasteiger partial charge in [-0.15, -0.1) is 0 Å². The van der Waals surface area contributed by atoms with Gasteiger partial charge in [0.15, 0.2) is 0 Å². The van der Waals surface area contributed by atoms with Crippen molar-refractivity contribution in [2.24, 2.45) is 0 Å². The monoisotopic (exact) mass is 352 g/mol. The molecule has 0 unspecified atom stereocenters. The Morgan fingerprint density at radius 3 is 1.75 bits per heavy atom. The van der Waals surface area contributed by atoms with E-state index in [0.717, 1.165) is 0 Å². The van der Waals surface area contributed by atoms with Crippen LogP contribution < -0.4 is 0 Å². The van der Waals surface area contributed by atoms with Gasteiger partial charge in [0.25, 0.3) is 0 Å². The maximum absolute atomic E-state index is 2.39. The number of rotatable bonds is 0. The highest BCUT2D eigenvalue weighted by atomic mass is 14.2. The van der Waals surface area contributed by atoms with E-state index in [2.05, 4.69) is 97.1 Å². The van der Waals surface area contributed by atoms with Crippen LogP contribution in [-0.4, -0.2) is 0 Å². The molecule has 7 aromatic carbocycles. The lowest BCUT2D eigenvalue weighted by Crippen LogP contribution is -1.87. The van der Waals surface area contributed by atoms with E-state index < -0.39 is 0 Å². The van der Waals surface area contributed by atoms with Gasteiger partial charge >= 0.3 is 0 Å². The van der Waals surface area contributed by atoms with E-state index in [1.807, 2.05) is 0 Å². The van der Waals surface area contributed by atoms with Crippen molar-refractivity contribution in [3.63, 3.8) is 0 Å². The molecule has 0 atom stereocenters. The van der Waals surface area contributed by atoms with E-state index >= 15 is 0 Å². The Morgan fingerprint density at radius 1 is 0.286 bits per heavy atom. The minimum absolute atomic E-state index is 1.30. The van der Waals surface area contributed by atoms with Gasteiger partial charge in [-0.1, -0.05) is 78.9 Å². The Morgan fingerprint density at radius 2 is 0.893 bits per heavy atom. The largest absolute Gasteiger partial charge is 0.0616 e. The Hall–Kier alpha value is -3.64. The Labute approximate surface area is 162 Å². The smallest absolute Gasteiger partial charge is 0.00203 e. The van der Waals surface area contributed by atoms with E-state index in [-0.39, 0.29) is 0 Å². The van der Waals surface area contributed by atoms with Crippen molar-refractivity contribution < 1.29 is 0 Å². The average Bonchev–Trinajstić information content (AvgIpc) is 2.75. The number of hydrogen-bond donors (Lipinski definition) is 0. The van der Waals surface area contributed by atoms with Crippen molar-refractivity contribution >= 4 is 64.6 Å². The first-order valence-corrected chi connectivity index (χ1v) is 9.79. The molecule has 28 heavy (non-hydrogen) atoms. The third kappa shape index (κ3) is 1.75. The molecule has 0 aliphatic rings. The molecule has 0 heteroatoms. The first kappa shape index (κ1) is 14.4. The van der Waals surface area contributed by atoms with Crippen LogP contribution in [0.3, 0.4) is 0 Å². The summed E-state index contributed by atoms with van der Waals surface area (Å²) in [4.78, 5) is 0. The van der Waals surface area contributed by atoms with Crippen molar-refractivity contribution in [1.29, 1.82) is 0 Å². The van der Waals surface area contributed by atoms with Crippen LogP contribution in [-0.2, 0) is 0 Å². The normalized spacial score (nSPS) is 12.3. The topological polar surface area (TPSA) is 0 Å². The zero-order valence-corrected chi connectivity index (χ0v) is 15.2. The van der Waals surface area contributed by atoms with Gasteiger partial charge in [0, 0.05) is 0 Å². The van der Waals surface area contributed by atoms with Gasteiger partial charge in [-0.3, -0.25) is 0 Å². The summed E-state index contributed by atoms with van der Waals surface area (Å²) in [6.45, 7) is 0. The molecule has 0 radical (unpaired) electrons. The van der Waals surface area contributed by atoms with Crippen molar-refractivity contribution in [3.05, 3.63) is 97.1 Å². The van der Waals surface area contributed by atoms with Crippen molar-refractivity contribution in [3.8, 4) is 0 Å². The highest BCUT2D eigenvalue weighted by Crippen LogP contribution is 2.40. The molecule has 0 aliphatic carbocycles. The van der Waals surface area contributed by atoms with Gasteiger partial charge in [0.1, 0.15) is 0 Å². The lowest BCUT2D eigenvalue weighted by Gasteiger charge is -2.14. The number of benzene rings is 7. The van der Waals surface area contributed by atoms with Crippen molar-refractivity contribution in [1.82, 2.24) is 0 Å². The molecule has 128 valence electrons. The summed E-state index contributed by atoms with van der Waals surface area (Å²) in [6.07, 6.45) is 0. The maximum atomic E-state index is 2.39. The number of hydrogen-bond acceptors (Lipinski definition) is 0. The molecule has 0 amide bonds. The maximum Gasteiger partial charge on any atom is -0.00203 e. The van der Waals surface area contributed by atoms with Gasteiger partial charge in [-0.25, -0.2) is 0 Å². The lowest BCUT2D eigenvalue weighted by molar-refractivity contribution is 1.79. The van der Waals surface area contributed by atoms with E-state index in [0.29, 0.717) is 0 Å². The summed E-state index contributed by atoms with van der Waals surface area (Å²) >= 11 is 0. The highest BCUT2D eigenvalue weighted by Gasteiger charge is 2.12. The van der Waals surface area contributed by atoms with E-state index in [9.17, 15) is 0 Å². The molecule has 7 aromatic rings. The summed E-state index contributed by atoms with van der Waals surface area (Å²) in [5, 5.41) is 16.0. The fourth-order valence-corrected chi connectivity index (χ4v) is 5.04. The fourth-order valence-electron chi connectivity index (χ4n) is 5.04. The number of fused-ring (bicyclic) bond motifs is 5. The molecule has 0 spiro atoms. The van der Waals surface area contributed by atoms with Crippen LogP contribution in [0.4, 0.5) is 0 Å². The third-order valence-electron chi connectivity index (χ3n) is 6.33. The van der Waals surface area contributed by atoms with Gasteiger partial charge in [0.2, 0.25) is 0 Å². The first-order chi connectivity index (χ1) is 13.9. The summed E-state index contributed by atoms with van der Waals surface area (Å²) in [5.41, 5.74) is 0. The molecule has 7 rings (SSSR count). The quantitative estimate of drug-likeness (QED) is 0.191. The average molecular weight is 352 g/mol. The van der Waals surface area contributed by atoms with Crippen LogP contribution in [0.1, 0.15) is 0 Å². The highest BCUT2D eigenvalue weighted by molar-refractivity contribution is 6.31. The molecule has 0 heterocycles. The SMILES string of the molecule is c1ccc2cc3c(ccc4c3cc3ccc5cccc6ccc4c3c56)cc2c1. The van der Waals surface area contributed by atoms with Crippen LogP contribution in [0.25, 0.3) is 64.6 Å². The van der Waals surface area contributed by atoms with Crippen LogP contribution in [0.15, 0.2) is 97.1 Å². The zero-order chi connectivity index (χ0) is 18.2. The predicted molar refractivity (Wildman–Crippen MR) is 123 cm³/mol. The molecule has 0 saturated heterocycles. The molecular formula is C28H16. The van der Waals surface area contributed by atoms with Crippen LogP contribution in [0, 0.1) is 0 Å². The molecule has 0 saturated carbocycles. The van der Waals surface area contributed by atoms with Gasteiger partial charge in [0.05, 0.1) is 0 Å². The standard InChI is InChI=1S/C28H16/c1-2-5-20-15-25-21(14-19(20)4-1)11-12-23-24-13-10-18-7-3-6-17-8-9-22(16-26(23)25)28(24)27(17)18/h1-16H. The van der Waals surface area contributed by atoms with Gasteiger partial charge < -0.3 is 0 Å². The minimum Gasteiger partial charge on any atom is -0.0616 e. The van der Waals surface area contributed by atoms with Gasteiger partial charge in [-0.2, -0.15) is 0 Å². The zero-order valence-electron chi connectivity index (χ0n) is 15.2. The second-order valence-corrected chi connectivity index (χ2v) is 7.81. The van der Waals surface area contributed by atoms with E-state index in [4.69, 9.17) is 0 Å². The third-order valence-corrected chi connectivity index (χ3v) is 6.33. The predicted octanol–water partition coefficient (Wildman–Crippen LogP) is 8.04. The van der Waals surface area contributed by atoms with Crippen LogP contribution in [0.2, 0.25) is 0 Å². The minimum atomic E-state index is 1.30. The van der Waals surface area contributed by atoms with Crippen molar-refractivity contribution in [2.75, 3.05) is 0 Å². The second-order valence-electron chi connectivity index (χ2n) is 7.81. The summed E-state index contributed by atoms with van der Waals surface area (Å²) in [6, 6.07) is 36.0. The molecule has 0 aliphatic heterocycles. The van der Waals surface area contributed by atoms with Crippen molar-refractivity contribution in [2.45, 2.75) is 0 Å². The Bertz CT molecular complexity index is 1690. The molecule has 0 bridgehead atoms. The second kappa shape index (κ2) is 4.99. The van der Waals surface area contributed by atoms with E-state index in [1.54, 1.807) is 0 Å².